The summed E-state index contributed by atoms with van der Waals surface area (Å²) in [6, 6.07) is 6.25. The van der Waals surface area contributed by atoms with Gasteiger partial charge in [0.15, 0.2) is 11.7 Å². The summed E-state index contributed by atoms with van der Waals surface area (Å²) in [6.45, 7) is 0.0943. The van der Waals surface area contributed by atoms with Crippen LogP contribution in [-0.4, -0.2) is 56.5 Å². The topological polar surface area (TPSA) is 79.6 Å². The number of hydrogen-bond acceptors (Lipinski definition) is 4. The maximum absolute atomic E-state index is 13.6. The van der Waals surface area contributed by atoms with Gasteiger partial charge < -0.3 is 10.2 Å². The minimum atomic E-state index is -4.80. The lowest BCUT2D eigenvalue weighted by Gasteiger charge is -2.20. The van der Waals surface area contributed by atoms with Gasteiger partial charge in [-0.3, -0.25) is 19.0 Å². The van der Waals surface area contributed by atoms with E-state index in [9.17, 15) is 27.2 Å². The second kappa shape index (κ2) is 7.97. The van der Waals surface area contributed by atoms with E-state index in [4.69, 9.17) is 0 Å². The van der Waals surface area contributed by atoms with Crippen molar-refractivity contribution in [3.8, 4) is 0 Å². The number of fused-ring (bicyclic) bond motifs is 1. The van der Waals surface area contributed by atoms with Gasteiger partial charge in [-0.05, 0) is 30.7 Å². The van der Waals surface area contributed by atoms with Crippen LogP contribution in [0.15, 0.2) is 48.8 Å². The van der Waals surface area contributed by atoms with Crippen molar-refractivity contribution in [3.05, 3.63) is 66.0 Å². The molecule has 2 amide bonds. The highest BCUT2D eigenvalue weighted by atomic mass is 19.4. The molecular weight excluding hydrogens is 418 g/mol. The van der Waals surface area contributed by atoms with Crippen LogP contribution in [0.1, 0.15) is 39.3 Å². The van der Waals surface area contributed by atoms with E-state index in [-0.39, 0.29) is 42.2 Å². The SMILES string of the molecule is O=C(NC(c1ccccn1)C(F)(F)F)c1nc(C(=O)N2CC[C@@H](F)C2)n2ccccc12. The van der Waals surface area contributed by atoms with E-state index in [2.05, 4.69) is 9.97 Å². The highest BCUT2D eigenvalue weighted by Crippen LogP contribution is 2.32. The Kier molecular flexibility index (Phi) is 5.34. The van der Waals surface area contributed by atoms with Gasteiger partial charge in [0, 0.05) is 18.9 Å². The van der Waals surface area contributed by atoms with Crippen molar-refractivity contribution >= 4 is 17.3 Å². The van der Waals surface area contributed by atoms with Crippen molar-refractivity contribution in [2.24, 2.45) is 0 Å². The summed E-state index contributed by atoms with van der Waals surface area (Å²) in [7, 11) is 0. The van der Waals surface area contributed by atoms with Crippen molar-refractivity contribution < 1.29 is 27.2 Å². The Labute approximate surface area is 173 Å². The molecule has 1 saturated heterocycles. The molecule has 0 bridgehead atoms. The number of carbonyl (C=O) groups excluding carboxylic acids is 2. The number of likely N-dealkylation sites (tertiary alicyclic amines) is 1. The summed E-state index contributed by atoms with van der Waals surface area (Å²) in [5, 5.41) is 1.92. The lowest BCUT2D eigenvalue weighted by atomic mass is 10.1. The van der Waals surface area contributed by atoms with Crippen molar-refractivity contribution in [2.45, 2.75) is 24.8 Å². The molecule has 1 N–H and O–H groups in total. The van der Waals surface area contributed by atoms with Gasteiger partial charge >= 0.3 is 6.18 Å². The summed E-state index contributed by atoms with van der Waals surface area (Å²) < 4.78 is 55.6. The van der Waals surface area contributed by atoms with Crippen LogP contribution >= 0.6 is 0 Å². The van der Waals surface area contributed by atoms with Gasteiger partial charge in [-0.15, -0.1) is 0 Å². The van der Waals surface area contributed by atoms with E-state index in [0.29, 0.717) is 0 Å². The highest BCUT2D eigenvalue weighted by Gasteiger charge is 2.43. The number of nitrogens with zero attached hydrogens (tertiary/aromatic N) is 4. The first-order valence-electron chi connectivity index (χ1n) is 9.44. The second-order valence-corrected chi connectivity index (χ2v) is 7.08. The van der Waals surface area contributed by atoms with Crippen LogP contribution in [0.2, 0.25) is 0 Å². The number of nitrogens with one attached hydrogen (secondary N) is 1. The first-order chi connectivity index (χ1) is 14.8. The molecule has 0 saturated carbocycles. The van der Waals surface area contributed by atoms with Gasteiger partial charge in [0.25, 0.3) is 11.8 Å². The minimum absolute atomic E-state index is 0.0993. The molecule has 1 aliphatic heterocycles. The van der Waals surface area contributed by atoms with E-state index in [1.165, 1.54) is 39.9 Å². The zero-order valence-corrected chi connectivity index (χ0v) is 16.0. The standard InChI is InChI=1S/C20H17F4N5O2/c21-12-7-10-28(11-12)19(31)17-26-15(14-6-2-4-9-29(14)17)18(30)27-16(20(22,23)24)13-5-1-3-8-25-13/h1-6,8-9,12,16H,7,10-11H2,(H,27,30)/t12-,16?/m1/s1. The molecule has 1 fully saturated rings. The van der Waals surface area contributed by atoms with Crippen LogP contribution in [0.3, 0.4) is 0 Å². The van der Waals surface area contributed by atoms with Crippen molar-refractivity contribution in [2.75, 3.05) is 13.1 Å². The lowest BCUT2D eigenvalue weighted by molar-refractivity contribution is -0.156. The third kappa shape index (κ3) is 4.07. The molecule has 7 nitrogen and oxygen atoms in total. The molecule has 0 spiro atoms. The molecule has 0 aromatic carbocycles. The first-order valence-corrected chi connectivity index (χ1v) is 9.44. The first kappa shape index (κ1) is 20.8. The number of alkyl halides is 4. The maximum atomic E-state index is 13.6. The van der Waals surface area contributed by atoms with Crippen molar-refractivity contribution in [3.63, 3.8) is 0 Å². The number of amides is 2. The molecule has 0 radical (unpaired) electrons. The fourth-order valence-corrected chi connectivity index (χ4v) is 3.47. The number of carbonyl (C=O) groups is 2. The normalized spacial score (nSPS) is 17.7. The molecule has 1 unspecified atom stereocenters. The third-order valence-electron chi connectivity index (χ3n) is 4.96. The largest absolute Gasteiger partial charge is 0.414 e. The Hall–Kier alpha value is -3.50. The summed E-state index contributed by atoms with van der Waals surface area (Å²) in [4.78, 5) is 34.6. The maximum Gasteiger partial charge on any atom is 0.414 e. The minimum Gasteiger partial charge on any atom is -0.334 e. The number of aromatic nitrogens is 3. The quantitative estimate of drug-likeness (QED) is 0.640. The number of imidazole rings is 1. The number of rotatable bonds is 4. The molecule has 0 aliphatic carbocycles. The van der Waals surface area contributed by atoms with Crippen LogP contribution in [0, 0.1) is 0 Å². The molecule has 2 atom stereocenters. The Balaban J connectivity index is 1.69. The van der Waals surface area contributed by atoms with Crippen LogP contribution in [0.5, 0.6) is 0 Å². The predicted octanol–water partition coefficient (Wildman–Crippen LogP) is 2.95. The summed E-state index contributed by atoms with van der Waals surface area (Å²) in [5.74, 6) is -1.88. The van der Waals surface area contributed by atoms with Gasteiger partial charge in [-0.1, -0.05) is 12.1 Å². The molecule has 1 aliphatic rings. The molecular formula is C20H17F4N5O2. The van der Waals surface area contributed by atoms with Crippen molar-refractivity contribution in [1.82, 2.24) is 24.6 Å². The molecule has 162 valence electrons. The Bertz CT molecular complexity index is 1120. The fourth-order valence-electron chi connectivity index (χ4n) is 3.47. The monoisotopic (exact) mass is 435 g/mol. The second-order valence-electron chi connectivity index (χ2n) is 7.08. The number of halogens is 4. The molecule has 4 heterocycles. The smallest absolute Gasteiger partial charge is 0.334 e. The van der Waals surface area contributed by atoms with E-state index in [1.807, 2.05) is 5.32 Å². The summed E-state index contributed by atoms with van der Waals surface area (Å²) in [5.41, 5.74) is -0.569. The fraction of sp³-hybridized carbons (Fsp3) is 0.300. The van der Waals surface area contributed by atoms with E-state index in [1.54, 1.807) is 12.1 Å². The predicted molar refractivity (Wildman–Crippen MR) is 101 cm³/mol. The zero-order chi connectivity index (χ0) is 22.2. The van der Waals surface area contributed by atoms with Crippen LogP contribution < -0.4 is 5.32 Å². The van der Waals surface area contributed by atoms with Gasteiger partial charge in [-0.25, -0.2) is 9.37 Å². The number of pyridine rings is 2. The van der Waals surface area contributed by atoms with Gasteiger partial charge in [0.2, 0.25) is 5.82 Å². The molecule has 31 heavy (non-hydrogen) atoms. The van der Waals surface area contributed by atoms with E-state index < -0.39 is 30.2 Å². The summed E-state index contributed by atoms with van der Waals surface area (Å²) >= 11 is 0. The molecule has 3 aromatic heterocycles. The van der Waals surface area contributed by atoms with Gasteiger partial charge in [0.1, 0.15) is 6.17 Å². The Morgan fingerprint density at radius 1 is 1.16 bits per heavy atom. The van der Waals surface area contributed by atoms with Crippen LogP contribution in [0.25, 0.3) is 5.52 Å². The molecule has 4 rings (SSSR count). The average molecular weight is 435 g/mol. The van der Waals surface area contributed by atoms with E-state index >= 15 is 0 Å². The van der Waals surface area contributed by atoms with Crippen molar-refractivity contribution in [1.29, 1.82) is 0 Å². The van der Waals surface area contributed by atoms with Crippen LogP contribution in [0.4, 0.5) is 17.6 Å². The molecule has 11 heteroatoms. The van der Waals surface area contributed by atoms with Gasteiger partial charge in [-0.2, -0.15) is 13.2 Å². The Morgan fingerprint density at radius 2 is 1.94 bits per heavy atom. The number of hydrogen-bond donors (Lipinski definition) is 1. The van der Waals surface area contributed by atoms with Gasteiger partial charge in [0.05, 0.1) is 17.8 Å². The third-order valence-corrected chi connectivity index (χ3v) is 4.96. The Morgan fingerprint density at radius 3 is 2.58 bits per heavy atom. The lowest BCUT2D eigenvalue weighted by Crippen LogP contribution is -2.39. The van der Waals surface area contributed by atoms with E-state index in [0.717, 1.165) is 6.07 Å². The zero-order valence-electron chi connectivity index (χ0n) is 16.0. The average Bonchev–Trinajstić information content (AvgIpc) is 3.35. The molecule has 3 aromatic rings. The highest BCUT2D eigenvalue weighted by molar-refractivity contribution is 6.02. The van der Waals surface area contributed by atoms with Crippen LogP contribution in [-0.2, 0) is 0 Å². The summed E-state index contributed by atoms with van der Waals surface area (Å²) in [6.07, 6.45) is -3.10.